The third-order valence-electron chi connectivity index (χ3n) is 5.44. The zero-order chi connectivity index (χ0) is 19.7. The lowest BCUT2D eigenvalue weighted by Crippen LogP contribution is -2.39. The molecule has 2 aliphatic rings. The van der Waals surface area contributed by atoms with Crippen molar-refractivity contribution in [2.45, 2.75) is 31.8 Å². The van der Waals surface area contributed by atoms with Gasteiger partial charge in [-0.1, -0.05) is 30.3 Å². The SMILES string of the molecule is Cn1ncnc1CN1C[C@H](C(=O)C(=O)NC2CC2)[C@@H](Cc2ccccc2)C1=O. The summed E-state index contributed by atoms with van der Waals surface area (Å²) in [5, 5.41) is 6.78. The number of rotatable bonds is 7. The summed E-state index contributed by atoms with van der Waals surface area (Å²) in [5.74, 6) is -1.75. The number of nitrogens with one attached hydrogen (secondary N) is 1. The van der Waals surface area contributed by atoms with Gasteiger partial charge in [-0.2, -0.15) is 5.10 Å². The first kappa shape index (κ1) is 18.3. The molecule has 4 rings (SSSR count). The van der Waals surface area contributed by atoms with E-state index in [2.05, 4.69) is 15.4 Å². The van der Waals surface area contributed by atoms with Crippen LogP contribution in [0.4, 0.5) is 0 Å². The smallest absolute Gasteiger partial charge is 0.287 e. The van der Waals surface area contributed by atoms with Gasteiger partial charge in [-0.3, -0.25) is 19.1 Å². The molecule has 2 amide bonds. The third kappa shape index (κ3) is 3.81. The monoisotopic (exact) mass is 381 g/mol. The van der Waals surface area contributed by atoms with Crippen LogP contribution in [0.1, 0.15) is 24.2 Å². The summed E-state index contributed by atoms with van der Waals surface area (Å²) in [6, 6.07) is 9.70. The van der Waals surface area contributed by atoms with E-state index < -0.39 is 23.5 Å². The molecule has 1 aliphatic carbocycles. The molecule has 1 N–H and O–H groups in total. The number of hydrogen-bond donors (Lipinski definition) is 1. The van der Waals surface area contributed by atoms with Gasteiger partial charge in [-0.25, -0.2) is 4.98 Å². The van der Waals surface area contributed by atoms with Crippen molar-refractivity contribution in [2.24, 2.45) is 18.9 Å². The molecule has 1 saturated carbocycles. The van der Waals surface area contributed by atoms with Gasteiger partial charge in [0.1, 0.15) is 12.2 Å². The minimum Gasteiger partial charge on any atom is -0.347 e. The highest BCUT2D eigenvalue weighted by atomic mass is 16.2. The van der Waals surface area contributed by atoms with Crippen LogP contribution in [0, 0.1) is 11.8 Å². The quantitative estimate of drug-likeness (QED) is 0.704. The van der Waals surface area contributed by atoms with Gasteiger partial charge in [0.2, 0.25) is 11.7 Å². The Balaban J connectivity index is 1.55. The van der Waals surface area contributed by atoms with E-state index in [-0.39, 0.29) is 25.0 Å². The number of likely N-dealkylation sites (tertiary alicyclic amines) is 1. The summed E-state index contributed by atoms with van der Waals surface area (Å²) < 4.78 is 1.61. The van der Waals surface area contributed by atoms with Crippen LogP contribution in [-0.4, -0.2) is 49.8 Å². The lowest BCUT2D eigenvalue weighted by molar-refractivity contribution is -0.141. The molecule has 2 aromatic rings. The van der Waals surface area contributed by atoms with E-state index in [1.54, 1.807) is 16.6 Å². The molecule has 1 aliphatic heterocycles. The number of Topliss-reactive ketones (excluding diaryl/α,β-unsaturated/α-hetero) is 1. The topological polar surface area (TPSA) is 97.2 Å². The highest BCUT2D eigenvalue weighted by Crippen LogP contribution is 2.30. The molecule has 146 valence electrons. The molecule has 8 heteroatoms. The van der Waals surface area contributed by atoms with Gasteiger partial charge in [0.25, 0.3) is 5.91 Å². The summed E-state index contributed by atoms with van der Waals surface area (Å²) >= 11 is 0. The number of aromatic nitrogens is 3. The largest absolute Gasteiger partial charge is 0.347 e. The first-order valence-electron chi connectivity index (χ1n) is 9.53. The Kier molecular flexibility index (Phi) is 4.93. The first-order valence-corrected chi connectivity index (χ1v) is 9.53. The van der Waals surface area contributed by atoms with Crippen molar-refractivity contribution in [3.8, 4) is 0 Å². The van der Waals surface area contributed by atoms with E-state index in [9.17, 15) is 14.4 Å². The van der Waals surface area contributed by atoms with Crippen LogP contribution in [0.2, 0.25) is 0 Å². The summed E-state index contributed by atoms with van der Waals surface area (Å²) in [6.07, 6.45) is 3.69. The van der Waals surface area contributed by atoms with Gasteiger partial charge in [0.15, 0.2) is 0 Å². The lowest BCUT2D eigenvalue weighted by atomic mass is 9.86. The fourth-order valence-corrected chi connectivity index (χ4v) is 3.65. The fourth-order valence-electron chi connectivity index (χ4n) is 3.65. The number of amides is 2. The van der Waals surface area contributed by atoms with Gasteiger partial charge in [-0.05, 0) is 24.8 Å². The van der Waals surface area contributed by atoms with E-state index in [4.69, 9.17) is 0 Å². The molecule has 0 radical (unpaired) electrons. The van der Waals surface area contributed by atoms with Crippen molar-refractivity contribution in [2.75, 3.05) is 6.54 Å². The van der Waals surface area contributed by atoms with Crippen LogP contribution in [0.3, 0.4) is 0 Å². The lowest BCUT2D eigenvalue weighted by Gasteiger charge is -2.16. The van der Waals surface area contributed by atoms with Crippen molar-refractivity contribution >= 4 is 17.6 Å². The number of carbonyl (C=O) groups excluding carboxylic acids is 3. The average molecular weight is 381 g/mol. The van der Waals surface area contributed by atoms with Crippen molar-refractivity contribution in [3.05, 3.63) is 48.0 Å². The minimum absolute atomic E-state index is 0.107. The minimum atomic E-state index is -0.653. The molecule has 8 nitrogen and oxygen atoms in total. The molecular formula is C20H23N5O3. The second kappa shape index (κ2) is 7.53. The molecule has 0 spiro atoms. The summed E-state index contributed by atoms with van der Waals surface area (Å²) in [7, 11) is 1.76. The predicted molar refractivity (Wildman–Crippen MR) is 99.7 cm³/mol. The van der Waals surface area contributed by atoms with E-state index in [1.807, 2.05) is 30.3 Å². The third-order valence-corrected chi connectivity index (χ3v) is 5.44. The molecule has 0 unspecified atom stereocenters. The molecule has 1 aromatic carbocycles. The van der Waals surface area contributed by atoms with Gasteiger partial charge >= 0.3 is 0 Å². The van der Waals surface area contributed by atoms with E-state index in [1.165, 1.54) is 6.33 Å². The number of hydrogen-bond acceptors (Lipinski definition) is 5. The van der Waals surface area contributed by atoms with Crippen molar-refractivity contribution in [1.82, 2.24) is 25.0 Å². The Hall–Kier alpha value is -3.03. The van der Waals surface area contributed by atoms with E-state index in [0.717, 1.165) is 18.4 Å². The maximum atomic E-state index is 13.1. The van der Waals surface area contributed by atoms with Crippen molar-refractivity contribution < 1.29 is 14.4 Å². The van der Waals surface area contributed by atoms with Gasteiger partial charge in [-0.15, -0.1) is 0 Å². The molecule has 1 aromatic heterocycles. The second-order valence-electron chi connectivity index (χ2n) is 7.53. The van der Waals surface area contributed by atoms with Gasteiger partial charge < -0.3 is 10.2 Å². The summed E-state index contributed by atoms with van der Waals surface area (Å²) in [4.78, 5) is 44.1. The van der Waals surface area contributed by atoms with Crippen LogP contribution in [0.15, 0.2) is 36.7 Å². The van der Waals surface area contributed by atoms with Crippen LogP contribution in [0.25, 0.3) is 0 Å². The highest BCUT2D eigenvalue weighted by molar-refractivity contribution is 6.37. The van der Waals surface area contributed by atoms with Crippen LogP contribution in [0.5, 0.6) is 0 Å². The molecule has 28 heavy (non-hydrogen) atoms. The number of aryl methyl sites for hydroxylation is 1. The maximum absolute atomic E-state index is 13.1. The Morgan fingerprint density at radius 3 is 2.61 bits per heavy atom. The number of carbonyl (C=O) groups is 3. The first-order chi connectivity index (χ1) is 13.5. The van der Waals surface area contributed by atoms with E-state index in [0.29, 0.717) is 12.2 Å². The van der Waals surface area contributed by atoms with Crippen molar-refractivity contribution in [3.63, 3.8) is 0 Å². The highest BCUT2D eigenvalue weighted by Gasteiger charge is 2.46. The van der Waals surface area contributed by atoms with Crippen LogP contribution < -0.4 is 5.32 Å². The van der Waals surface area contributed by atoms with Crippen LogP contribution >= 0.6 is 0 Å². The summed E-state index contributed by atoms with van der Waals surface area (Å²) in [5.41, 5.74) is 0.974. The molecule has 0 bridgehead atoms. The Bertz CT molecular complexity index is 890. The van der Waals surface area contributed by atoms with Crippen molar-refractivity contribution in [1.29, 1.82) is 0 Å². The molecule has 1 saturated heterocycles. The van der Waals surface area contributed by atoms with Gasteiger partial charge in [0.05, 0.1) is 18.4 Å². The second-order valence-corrected chi connectivity index (χ2v) is 7.53. The fraction of sp³-hybridized carbons (Fsp3) is 0.450. The van der Waals surface area contributed by atoms with Gasteiger partial charge in [0, 0.05) is 19.6 Å². The molecule has 2 heterocycles. The Morgan fingerprint density at radius 2 is 1.96 bits per heavy atom. The Labute approximate surface area is 162 Å². The zero-order valence-corrected chi connectivity index (χ0v) is 15.7. The van der Waals surface area contributed by atoms with E-state index >= 15 is 0 Å². The number of ketones is 1. The maximum Gasteiger partial charge on any atom is 0.287 e. The zero-order valence-electron chi connectivity index (χ0n) is 15.7. The molecular weight excluding hydrogens is 358 g/mol. The average Bonchev–Trinajstić information content (AvgIpc) is 3.35. The Morgan fingerprint density at radius 1 is 1.21 bits per heavy atom. The molecule has 2 fully saturated rings. The normalized spacial score (nSPS) is 21.8. The number of benzene rings is 1. The number of nitrogens with zero attached hydrogens (tertiary/aromatic N) is 4. The molecule has 2 atom stereocenters. The standard InChI is InChI=1S/C20H23N5O3/c1-24-17(21-12-22-24)11-25-10-16(18(26)19(27)23-14-7-8-14)15(20(25)28)9-13-5-3-2-4-6-13/h2-6,12,14-16H,7-11H2,1H3,(H,23,27)/t15-,16+/m1/s1. The predicted octanol–water partition coefficient (Wildman–Crippen LogP) is 0.480. The summed E-state index contributed by atoms with van der Waals surface area (Å²) in [6.45, 7) is 0.495. The van der Waals surface area contributed by atoms with Crippen LogP contribution in [-0.2, 0) is 34.4 Å².